The lowest BCUT2D eigenvalue weighted by atomic mass is 10.0. The molecule has 0 unspecified atom stereocenters. The highest BCUT2D eigenvalue weighted by Crippen LogP contribution is 2.28. The van der Waals surface area contributed by atoms with Gasteiger partial charge in [-0.1, -0.05) is 31.7 Å². The Balaban J connectivity index is 1.70. The lowest BCUT2D eigenvalue weighted by molar-refractivity contribution is 0.143. The summed E-state index contributed by atoms with van der Waals surface area (Å²) in [5.41, 5.74) is 1.01. The molecule has 2 N–H and O–H groups in total. The molecule has 0 atom stereocenters. The van der Waals surface area contributed by atoms with Crippen molar-refractivity contribution >= 4 is 5.96 Å². The highest BCUT2D eigenvalue weighted by atomic mass is 16.5. The zero-order chi connectivity index (χ0) is 17.7. The number of pyridine rings is 1. The van der Waals surface area contributed by atoms with Crippen molar-refractivity contribution < 1.29 is 9.47 Å². The summed E-state index contributed by atoms with van der Waals surface area (Å²) in [7, 11) is 3.46. The molecule has 25 heavy (non-hydrogen) atoms. The van der Waals surface area contributed by atoms with Crippen molar-refractivity contribution in [3.8, 4) is 5.88 Å². The minimum Gasteiger partial charge on any atom is -0.475 e. The van der Waals surface area contributed by atoms with Crippen LogP contribution in [0, 0.1) is 5.92 Å². The predicted octanol–water partition coefficient (Wildman–Crippen LogP) is 2.74. The number of methoxy groups -OCH3 is 1. The molecule has 6 nitrogen and oxygen atoms in total. The predicted molar refractivity (Wildman–Crippen MR) is 101 cm³/mol. The van der Waals surface area contributed by atoms with Gasteiger partial charge in [-0.15, -0.1) is 0 Å². The first kappa shape index (κ1) is 19.5. The van der Waals surface area contributed by atoms with Crippen LogP contribution in [-0.2, 0) is 11.3 Å². The van der Waals surface area contributed by atoms with Crippen LogP contribution in [0.1, 0.15) is 44.1 Å². The van der Waals surface area contributed by atoms with Gasteiger partial charge in [0.05, 0.1) is 6.61 Å². The monoisotopic (exact) mass is 348 g/mol. The number of ether oxygens (including phenoxy) is 2. The van der Waals surface area contributed by atoms with Gasteiger partial charge in [-0.05, 0) is 24.8 Å². The largest absolute Gasteiger partial charge is 0.475 e. The number of rotatable bonds is 10. The van der Waals surface area contributed by atoms with Gasteiger partial charge >= 0.3 is 0 Å². The number of aromatic nitrogens is 1. The van der Waals surface area contributed by atoms with Gasteiger partial charge in [0.2, 0.25) is 5.88 Å². The Bertz CT molecular complexity index is 516. The molecule has 0 radical (unpaired) electrons. The average Bonchev–Trinajstić information content (AvgIpc) is 3.16. The van der Waals surface area contributed by atoms with Gasteiger partial charge in [0.25, 0.3) is 0 Å². The maximum atomic E-state index is 5.66. The molecular formula is C19H32N4O2. The Morgan fingerprint density at radius 1 is 1.28 bits per heavy atom. The molecule has 6 heteroatoms. The highest BCUT2D eigenvalue weighted by Gasteiger charge is 2.14. The summed E-state index contributed by atoms with van der Waals surface area (Å²) in [4.78, 5) is 8.59. The molecule has 0 bridgehead atoms. The van der Waals surface area contributed by atoms with Gasteiger partial charge in [0.15, 0.2) is 5.96 Å². The van der Waals surface area contributed by atoms with Crippen LogP contribution in [0.4, 0.5) is 0 Å². The first-order valence-corrected chi connectivity index (χ1v) is 9.33. The van der Waals surface area contributed by atoms with Crippen molar-refractivity contribution in [1.29, 1.82) is 0 Å². The molecule has 1 saturated carbocycles. The third kappa shape index (κ3) is 7.30. The first-order chi connectivity index (χ1) is 12.3. The van der Waals surface area contributed by atoms with Crippen molar-refractivity contribution in [2.45, 2.75) is 45.1 Å². The van der Waals surface area contributed by atoms with Crippen LogP contribution in [0.3, 0.4) is 0 Å². The molecule has 1 aliphatic rings. The fraction of sp³-hybridized carbons (Fsp3) is 0.684. The molecule has 1 aromatic rings. The lowest BCUT2D eigenvalue weighted by Crippen LogP contribution is -2.37. The van der Waals surface area contributed by atoms with Gasteiger partial charge in [0, 0.05) is 39.0 Å². The molecule has 0 spiro atoms. The SMILES string of the molecule is CN=C(NCCCC1CCCC1)NCc1cccnc1OCCOC. The molecule has 0 aromatic carbocycles. The molecular weight excluding hydrogens is 316 g/mol. The standard InChI is InChI=1S/C19H32N4O2/c1-20-19(22-12-5-9-16-7-3-4-8-16)23-15-17-10-6-11-21-18(17)25-14-13-24-2/h6,10-11,16H,3-5,7-9,12-15H2,1-2H3,(H2,20,22,23). The Morgan fingerprint density at radius 2 is 2.12 bits per heavy atom. The molecule has 1 heterocycles. The van der Waals surface area contributed by atoms with Crippen LogP contribution in [0.15, 0.2) is 23.3 Å². The van der Waals surface area contributed by atoms with Crippen molar-refractivity contribution in [2.75, 3.05) is 33.9 Å². The quantitative estimate of drug-likeness (QED) is 0.387. The molecule has 140 valence electrons. The lowest BCUT2D eigenvalue weighted by Gasteiger charge is -2.14. The Morgan fingerprint density at radius 3 is 2.88 bits per heavy atom. The number of nitrogens with zero attached hydrogens (tertiary/aromatic N) is 2. The molecule has 1 aliphatic carbocycles. The third-order valence-electron chi connectivity index (χ3n) is 4.60. The minimum atomic E-state index is 0.495. The van der Waals surface area contributed by atoms with E-state index in [4.69, 9.17) is 9.47 Å². The molecule has 0 amide bonds. The summed E-state index contributed by atoms with van der Waals surface area (Å²) in [6, 6.07) is 3.92. The van der Waals surface area contributed by atoms with E-state index in [9.17, 15) is 0 Å². The second-order valence-corrected chi connectivity index (χ2v) is 6.45. The smallest absolute Gasteiger partial charge is 0.218 e. The minimum absolute atomic E-state index is 0.495. The highest BCUT2D eigenvalue weighted by molar-refractivity contribution is 5.79. The summed E-state index contributed by atoms with van der Waals surface area (Å²) < 4.78 is 10.7. The van der Waals surface area contributed by atoms with E-state index in [0.717, 1.165) is 24.0 Å². The topological polar surface area (TPSA) is 67.8 Å². The molecule has 1 aromatic heterocycles. The third-order valence-corrected chi connectivity index (χ3v) is 4.60. The van der Waals surface area contributed by atoms with Gasteiger partial charge < -0.3 is 20.1 Å². The fourth-order valence-corrected chi connectivity index (χ4v) is 3.21. The number of nitrogens with one attached hydrogen (secondary N) is 2. The maximum Gasteiger partial charge on any atom is 0.218 e. The number of hydrogen-bond acceptors (Lipinski definition) is 4. The zero-order valence-electron chi connectivity index (χ0n) is 15.6. The summed E-state index contributed by atoms with van der Waals surface area (Å²) in [5.74, 6) is 2.40. The Kier molecular flexibility index (Phi) is 9.12. The van der Waals surface area contributed by atoms with Crippen LogP contribution >= 0.6 is 0 Å². The Hall–Kier alpha value is -1.82. The van der Waals surface area contributed by atoms with E-state index in [1.165, 1.54) is 38.5 Å². The number of guanidine groups is 1. The normalized spacial score (nSPS) is 15.4. The molecule has 0 saturated heterocycles. The van der Waals surface area contributed by atoms with E-state index in [0.29, 0.717) is 25.6 Å². The number of aliphatic imine (C=N–C) groups is 1. The first-order valence-electron chi connectivity index (χ1n) is 9.33. The summed E-state index contributed by atoms with van der Waals surface area (Å²) in [6.45, 7) is 2.63. The van der Waals surface area contributed by atoms with Crippen molar-refractivity contribution in [3.63, 3.8) is 0 Å². The van der Waals surface area contributed by atoms with Gasteiger partial charge in [-0.2, -0.15) is 0 Å². The second kappa shape index (κ2) is 11.7. The summed E-state index contributed by atoms with van der Waals surface area (Å²) in [6.07, 6.45) is 9.93. The van der Waals surface area contributed by atoms with E-state index < -0.39 is 0 Å². The molecule has 0 aliphatic heterocycles. The van der Waals surface area contributed by atoms with Crippen molar-refractivity contribution in [2.24, 2.45) is 10.9 Å². The van der Waals surface area contributed by atoms with Gasteiger partial charge in [-0.3, -0.25) is 4.99 Å². The van der Waals surface area contributed by atoms with Gasteiger partial charge in [0.1, 0.15) is 6.61 Å². The van der Waals surface area contributed by atoms with E-state index in [2.05, 4.69) is 20.6 Å². The zero-order valence-corrected chi connectivity index (χ0v) is 15.6. The van der Waals surface area contributed by atoms with E-state index in [1.807, 2.05) is 12.1 Å². The summed E-state index contributed by atoms with van der Waals surface area (Å²) in [5, 5.41) is 6.73. The van der Waals surface area contributed by atoms with Crippen molar-refractivity contribution in [3.05, 3.63) is 23.9 Å². The average molecular weight is 348 g/mol. The second-order valence-electron chi connectivity index (χ2n) is 6.45. The number of hydrogen-bond donors (Lipinski definition) is 2. The molecule has 1 fully saturated rings. The fourth-order valence-electron chi connectivity index (χ4n) is 3.21. The summed E-state index contributed by atoms with van der Waals surface area (Å²) >= 11 is 0. The van der Waals surface area contributed by atoms with Crippen LogP contribution in [0.2, 0.25) is 0 Å². The van der Waals surface area contributed by atoms with E-state index in [-0.39, 0.29) is 0 Å². The van der Waals surface area contributed by atoms with Crippen molar-refractivity contribution in [1.82, 2.24) is 15.6 Å². The Labute approximate surface area is 151 Å². The van der Waals surface area contributed by atoms with E-state index >= 15 is 0 Å². The van der Waals surface area contributed by atoms with Crippen LogP contribution in [0.5, 0.6) is 5.88 Å². The van der Waals surface area contributed by atoms with Crippen LogP contribution in [-0.4, -0.2) is 44.9 Å². The maximum absolute atomic E-state index is 5.66. The van der Waals surface area contributed by atoms with Crippen LogP contribution < -0.4 is 15.4 Å². The van der Waals surface area contributed by atoms with E-state index in [1.54, 1.807) is 20.4 Å². The van der Waals surface area contributed by atoms with Gasteiger partial charge in [-0.25, -0.2) is 4.98 Å². The van der Waals surface area contributed by atoms with Crippen LogP contribution in [0.25, 0.3) is 0 Å². The molecule has 2 rings (SSSR count).